The molecule has 0 fully saturated rings. The van der Waals surface area contributed by atoms with Gasteiger partial charge in [-0.2, -0.15) is 0 Å². The first kappa shape index (κ1) is 25.7. The van der Waals surface area contributed by atoms with E-state index in [-0.39, 0.29) is 17.4 Å². The predicted molar refractivity (Wildman–Crippen MR) is 54.0 cm³/mol. The van der Waals surface area contributed by atoms with Crippen molar-refractivity contribution in [3.63, 3.8) is 0 Å². The van der Waals surface area contributed by atoms with Crippen LogP contribution < -0.4 is 14.7 Å². The molecule has 0 amide bonds. The number of aliphatic hydroxyl groups excluding tert-OH is 3. The van der Waals surface area contributed by atoms with Gasteiger partial charge in [0, 0.05) is 24.1 Å². The van der Waals surface area contributed by atoms with Crippen LogP contribution in [0, 0.1) is 0 Å². The molecule has 0 aliphatic heterocycles. The summed E-state index contributed by atoms with van der Waals surface area (Å²) < 4.78 is 27.6. The van der Waals surface area contributed by atoms with Crippen molar-refractivity contribution in [2.45, 2.75) is 0 Å². The summed E-state index contributed by atoms with van der Waals surface area (Å²) in [6.45, 7) is 0. The summed E-state index contributed by atoms with van der Waals surface area (Å²) in [5, 5.41) is 22.7. The van der Waals surface area contributed by atoms with Gasteiger partial charge in [0.1, 0.15) is 0 Å². The molecule has 0 aromatic heterocycles. The van der Waals surface area contributed by atoms with E-state index in [2.05, 4.69) is 0 Å². The average Bonchev–Trinajstić information content (AvgIpc) is 2.19. The maximum Gasteiger partial charge on any atom is 3.00 e. The van der Waals surface area contributed by atoms with Gasteiger partial charge in [0.2, 0.25) is 0 Å². The van der Waals surface area contributed by atoms with Gasteiger partial charge in [-0.3, -0.25) is 0 Å². The van der Waals surface area contributed by atoms with Gasteiger partial charge in [-0.25, -0.2) is 0 Å². The Morgan fingerprint density at radius 2 is 0.750 bits per heavy atom. The number of hydrogen-bond donors (Lipinski definition) is 3. The van der Waals surface area contributed by atoms with Crippen LogP contribution in [0.5, 0.6) is 0 Å². The molecule has 0 radical (unpaired) electrons. The maximum absolute atomic E-state index is 9.19. The van der Waals surface area contributed by atoms with Crippen LogP contribution in [0.2, 0.25) is 0 Å². The summed E-state index contributed by atoms with van der Waals surface area (Å²) in [7, 11) is -8.46. The standard InChI is InChI=1S/3CH5O3P.Al/c3*2-1-5(3)4;/h3*2,5H,1H2,(H,3,4);/q;;;+3/p-3. The summed E-state index contributed by atoms with van der Waals surface area (Å²) in [5.74, 6) is 0. The zero-order valence-electron chi connectivity index (χ0n) is 7.99. The van der Waals surface area contributed by atoms with Crippen LogP contribution >= 0.6 is 24.1 Å². The van der Waals surface area contributed by atoms with Crippen molar-refractivity contribution in [3.8, 4) is 0 Å². The summed E-state index contributed by atoms with van der Waals surface area (Å²) in [6, 6.07) is 0. The van der Waals surface area contributed by atoms with Crippen molar-refractivity contribution >= 4 is 41.4 Å². The molecule has 96 valence electrons. The minimum Gasteiger partial charge on any atom is -0.800 e. The van der Waals surface area contributed by atoms with Crippen molar-refractivity contribution in [2.24, 2.45) is 0 Å². The second-order valence-corrected chi connectivity index (χ2v) is 4.77. The Kier molecular flexibility index (Phi) is 34.2. The zero-order valence-corrected chi connectivity index (χ0v) is 12.1. The Hall–Kier alpha value is 0.982. The Morgan fingerprint density at radius 3 is 0.750 bits per heavy atom. The first-order valence-electron chi connectivity index (χ1n) is 3.23. The minimum atomic E-state index is -2.82. The molecule has 0 saturated heterocycles. The molecular formula is C3H12AlO9P3. The molecule has 0 heterocycles. The number of rotatable bonds is 3. The molecule has 13 heteroatoms. The molecule has 0 aliphatic carbocycles. The van der Waals surface area contributed by atoms with Gasteiger partial charge in [-0.1, -0.05) is 0 Å². The number of hydrogen-bond acceptors (Lipinski definition) is 9. The SMILES string of the molecule is O=[PH]([O-])CO.O=[PH]([O-])CO.O=[PH]([O-])CO.[Al+3]. The predicted octanol–water partition coefficient (Wildman–Crippen LogP) is -4.07. The topological polar surface area (TPSA) is 181 Å². The van der Waals surface area contributed by atoms with Crippen LogP contribution in [0.15, 0.2) is 0 Å². The van der Waals surface area contributed by atoms with Crippen molar-refractivity contribution in [1.29, 1.82) is 0 Å². The molecule has 0 aromatic rings. The van der Waals surface area contributed by atoms with Crippen LogP contribution in [0.4, 0.5) is 0 Å². The van der Waals surface area contributed by atoms with Crippen molar-refractivity contribution in [3.05, 3.63) is 0 Å². The first-order valence-corrected chi connectivity index (χ1v) is 7.80. The second-order valence-electron chi connectivity index (χ2n) is 1.59. The summed E-state index contributed by atoms with van der Waals surface area (Å²) >= 11 is 0. The summed E-state index contributed by atoms with van der Waals surface area (Å²) in [4.78, 5) is 27.6. The third-order valence-corrected chi connectivity index (χ3v) is 1.16. The Bertz CT molecular complexity index is 165. The van der Waals surface area contributed by atoms with E-state index in [1.807, 2.05) is 0 Å². The molecule has 9 nitrogen and oxygen atoms in total. The van der Waals surface area contributed by atoms with Gasteiger partial charge < -0.3 is 43.7 Å². The van der Waals surface area contributed by atoms with Gasteiger partial charge in [0.25, 0.3) is 0 Å². The molecule has 3 N–H and O–H groups in total. The van der Waals surface area contributed by atoms with Crippen molar-refractivity contribution in [2.75, 3.05) is 19.0 Å². The van der Waals surface area contributed by atoms with Gasteiger partial charge in [-0.05, 0) is 0 Å². The quantitative estimate of drug-likeness (QED) is 0.345. The van der Waals surface area contributed by atoms with E-state index in [9.17, 15) is 28.4 Å². The first-order chi connectivity index (χ1) is 6.81. The molecule has 0 aliphatic rings. The molecule has 0 saturated carbocycles. The van der Waals surface area contributed by atoms with E-state index in [1.54, 1.807) is 0 Å². The van der Waals surface area contributed by atoms with E-state index < -0.39 is 43.1 Å². The smallest absolute Gasteiger partial charge is 0.800 e. The third kappa shape index (κ3) is 60.1. The molecule has 0 bridgehead atoms. The van der Waals surface area contributed by atoms with Crippen molar-refractivity contribution < 1.29 is 43.7 Å². The maximum atomic E-state index is 9.19. The van der Waals surface area contributed by atoms with Crippen molar-refractivity contribution in [1.82, 2.24) is 0 Å². The molecule has 0 rings (SSSR count). The van der Waals surface area contributed by atoms with Crippen LogP contribution in [0.1, 0.15) is 0 Å². The summed E-state index contributed by atoms with van der Waals surface area (Å²) in [5.41, 5.74) is 0. The van der Waals surface area contributed by atoms with E-state index >= 15 is 0 Å². The number of aliphatic hydroxyl groups is 3. The van der Waals surface area contributed by atoms with Crippen LogP contribution in [-0.4, -0.2) is 51.7 Å². The van der Waals surface area contributed by atoms with E-state index in [0.717, 1.165) is 0 Å². The van der Waals surface area contributed by atoms with E-state index in [1.165, 1.54) is 0 Å². The Labute approximate surface area is 104 Å². The van der Waals surface area contributed by atoms with Gasteiger partial charge in [0.05, 0.1) is 19.0 Å². The third-order valence-electron chi connectivity index (χ3n) is 0.387. The molecule has 3 unspecified atom stereocenters. The summed E-state index contributed by atoms with van der Waals surface area (Å²) in [6.07, 6.45) is -2.11. The van der Waals surface area contributed by atoms with Gasteiger partial charge >= 0.3 is 17.4 Å². The molecular weight excluding hydrogens is 300 g/mol. The van der Waals surface area contributed by atoms with Crippen LogP contribution in [0.3, 0.4) is 0 Å². The molecule has 16 heavy (non-hydrogen) atoms. The second kappa shape index (κ2) is 21.3. The molecule has 0 spiro atoms. The van der Waals surface area contributed by atoms with Gasteiger partial charge in [-0.15, -0.1) is 0 Å². The van der Waals surface area contributed by atoms with Gasteiger partial charge in [0.15, 0.2) is 0 Å². The van der Waals surface area contributed by atoms with E-state index in [0.29, 0.717) is 0 Å². The average molecular weight is 312 g/mol. The Morgan fingerprint density at radius 1 is 0.688 bits per heavy atom. The molecule has 3 atom stereocenters. The zero-order chi connectivity index (χ0) is 12.9. The van der Waals surface area contributed by atoms with Crippen LogP contribution in [-0.2, 0) is 13.7 Å². The fourth-order valence-corrected chi connectivity index (χ4v) is 0. The fraction of sp³-hybridized carbons (Fsp3) is 1.00. The molecule has 0 aromatic carbocycles. The largest absolute Gasteiger partial charge is 3.00 e. The normalized spacial score (nSPS) is 13.9. The van der Waals surface area contributed by atoms with E-state index in [4.69, 9.17) is 15.3 Å². The minimum absolute atomic E-state index is 0. The van der Waals surface area contributed by atoms with Crippen LogP contribution in [0.25, 0.3) is 0 Å². The monoisotopic (exact) mass is 312 g/mol. The fourth-order valence-electron chi connectivity index (χ4n) is 0. The Balaban J connectivity index is -0.0000000655.